The van der Waals surface area contributed by atoms with Crippen LogP contribution < -0.4 is 15.5 Å². The van der Waals surface area contributed by atoms with E-state index in [-0.39, 0.29) is 11.7 Å². The van der Waals surface area contributed by atoms with Gasteiger partial charge in [0.15, 0.2) is 0 Å². The number of hydrogen-bond acceptors (Lipinski definition) is 2. The molecule has 1 atom stereocenters. The fourth-order valence-corrected chi connectivity index (χ4v) is 3.13. The summed E-state index contributed by atoms with van der Waals surface area (Å²) in [6.07, 6.45) is 1.31. The number of para-hydroxylation sites is 1. The number of benzene rings is 2. The van der Waals surface area contributed by atoms with Crippen LogP contribution in [0.3, 0.4) is 0 Å². The highest BCUT2D eigenvalue weighted by Crippen LogP contribution is 2.24. The maximum atomic E-state index is 13.4. The maximum Gasteiger partial charge on any atom is 0.319 e. The van der Waals surface area contributed by atoms with E-state index in [4.69, 9.17) is 0 Å². The minimum Gasteiger partial charge on any atom is -0.326 e. The zero-order chi connectivity index (χ0) is 18.7. The van der Waals surface area contributed by atoms with Crippen LogP contribution in [0.1, 0.15) is 24.5 Å². The van der Waals surface area contributed by atoms with Crippen molar-refractivity contribution in [1.82, 2.24) is 5.32 Å². The van der Waals surface area contributed by atoms with Gasteiger partial charge in [-0.1, -0.05) is 25.1 Å². The Labute approximate surface area is 152 Å². The molecule has 1 fully saturated rings. The third-order valence-corrected chi connectivity index (χ3v) is 4.61. The van der Waals surface area contributed by atoms with Crippen LogP contribution in [-0.4, -0.2) is 24.5 Å². The Morgan fingerprint density at radius 2 is 2.04 bits per heavy atom. The molecule has 6 heteroatoms. The number of rotatable bonds is 4. The van der Waals surface area contributed by atoms with Gasteiger partial charge >= 0.3 is 6.03 Å². The second-order valence-corrected chi connectivity index (χ2v) is 6.37. The molecule has 1 aliphatic rings. The Kier molecular flexibility index (Phi) is 5.21. The molecule has 1 heterocycles. The van der Waals surface area contributed by atoms with Crippen LogP contribution in [0, 0.1) is 12.7 Å². The lowest BCUT2D eigenvalue weighted by atomic mass is 10.1. The molecule has 3 amide bonds. The molecule has 0 aromatic heterocycles. The maximum absolute atomic E-state index is 13.4. The van der Waals surface area contributed by atoms with Crippen LogP contribution in [0.25, 0.3) is 0 Å². The molecular weight excluding hydrogens is 333 g/mol. The van der Waals surface area contributed by atoms with E-state index in [0.717, 1.165) is 17.7 Å². The lowest BCUT2D eigenvalue weighted by Crippen LogP contribution is -2.43. The van der Waals surface area contributed by atoms with Crippen molar-refractivity contribution in [2.45, 2.75) is 32.7 Å². The number of amides is 3. The third kappa shape index (κ3) is 3.69. The van der Waals surface area contributed by atoms with Crippen molar-refractivity contribution in [2.75, 3.05) is 16.8 Å². The Bertz CT molecular complexity index is 838. The number of nitrogens with zero attached hydrogens (tertiary/aromatic N) is 1. The molecule has 2 aromatic rings. The molecule has 26 heavy (non-hydrogen) atoms. The van der Waals surface area contributed by atoms with E-state index in [1.165, 1.54) is 6.07 Å². The molecule has 1 saturated heterocycles. The van der Waals surface area contributed by atoms with E-state index >= 15 is 0 Å². The van der Waals surface area contributed by atoms with Gasteiger partial charge in [-0.05, 0) is 55.2 Å². The number of urea groups is 1. The molecule has 1 aliphatic heterocycles. The number of carbonyl (C=O) groups is 2. The van der Waals surface area contributed by atoms with Crippen molar-refractivity contribution < 1.29 is 14.0 Å². The normalized spacial score (nSPS) is 16.7. The molecule has 0 bridgehead atoms. The molecule has 3 rings (SSSR count). The summed E-state index contributed by atoms with van der Waals surface area (Å²) in [5, 5.41) is 5.55. The van der Waals surface area contributed by atoms with Gasteiger partial charge in [-0.25, -0.2) is 9.18 Å². The summed E-state index contributed by atoms with van der Waals surface area (Å²) >= 11 is 0. The molecule has 136 valence electrons. The molecule has 2 aromatic carbocycles. The Balaban J connectivity index is 1.65. The van der Waals surface area contributed by atoms with Gasteiger partial charge in [0.2, 0.25) is 5.91 Å². The summed E-state index contributed by atoms with van der Waals surface area (Å²) in [6, 6.07) is 11.2. The molecule has 5 nitrogen and oxygen atoms in total. The van der Waals surface area contributed by atoms with Crippen molar-refractivity contribution in [1.29, 1.82) is 0 Å². The summed E-state index contributed by atoms with van der Waals surface area (Å²) < 4.78 is 13.4. The Hall–Kier alpha value is -2.89. The molecule has 2 N–H and O–H groups in total. The highest BCUT2D eigenvalue weighted by Gasteiger charge is 2.33. The average Bonchev–Trinajstić information content (AvgIpc) is 2.98. The van der Waals surface area contributed by atoms with Crippen LogP contribution >= 0.6 is 0 Å². The minimum atomic E-state index is -0.589. The van der Waals surface area contributed by atoms with E-state index < -0.39 is 12.1 Å². The fourth-order valence-electron chi connectivity index (χ4n) is 3.13. The number of anilines is 2. The Morgan fingerprint density at radius 3 is 2.77 bits per heavy atom. The summed E-state index contributed by atoms with van der Waals surface area (Å²) in [6.45, 7) is 4.16. The van der Waals surface area contributed by atoms with Crippen molar-refractivity contribution in [3.63, 3.8) is 0 Å². The van der Waals surface area contributed by atoms with Gasteiger partial charge < -0.3 is 15.5 Å². The van der Waals surface area contributed by atoms with Crippen LogP contribution in [0.5, 0.6) is 0 Å². The standard InChI is InChI=1S/C20H22FN3O2/c1-3-14-6-4-5-7-17(14)22-20(26)23-18-10-11-24(19(18)25)15-8-9-16(21)13(2)12-15/h4-9,12,18H,3,10-11H2,1-2H3,(H2,22,23,26)/t18-/m0/s1. The first kappa shape index (κ1) is 17.9. The van der Waals surface area contributed by atoms with Crippen molar-refractivity contribution in [2.24, 2.45) is 0 Å². The largest absolute Gasteiger partial charge is 0.326 e. The first-order chi connectivity index (χ1) is 12.5. The van der Waals surface area contributed by atoms with Crippen molar-refractivity contribution in [3.05, 3.63) is 59.4 Å². The van der Waals surface area contributed by atoms with Crippen molar-refractivity contribution in [3.8, 4) is 0 Å². The minimum absolute atomic E-state index is 0.185. The summed E-state index contributed by atoms with van der Waals surface area (Å²) in [7, 11) is 0. The van der Waals surface area contributed by atoms with Gasteiger partial charge in [-0.3, -0.25) is 4.79 Å². The second-order valence-electron chi connectivity index (χ2n) is 6.37. The molecule has 0 spiro atoms. The SMILES string of the molecule is CCc1ccccc1NC(=O)N[C@H]1CCN(c2ccc(F)c(C)c2)C1=O. The summed E-state index contributed by atoms with van der Waals surface area (Å²) in [4.78, 5) is 26.5. The van der Waals surface area contributed by atoms with Gasteiger partial charge in [0.25, 0.3) is 0 Å². The summed E-state index contributed by atoms with van der Waals surface area (Å²) in [5.41, 5.74) is 2.91. The van der Waals surface area contributed by atoms with Gasteiger partial charge in [-0.15, -0.1) is 0 Å². The summed E-state index contributed by atoms with van der Waals surface area (Å²) in [5.74, 6) is -0.487. The zero-order valence-corrected chi connectivity index (χ0v) is 14.9. The van der Waals surface area contributed by atoms with E-state index in [1.807, 2.05) is 31.2 Å². The van der Waals surface area contributed by atoms with Crippen molar-refractivity contribution >= 4 is 23.3 Å². The van der Waals surface area contributed by atoms with Crippen LogP contribution in [0.2, 0.25) is 0 Å². The molecular formula is C20H22FN3O2. The first-order valence-corrected chi connectivity index (χ1v) is 8.72. The number of hydrogen-bond donors (Lipinski definition) is 2. The molecule has 0 unspecified atom stereocenters. The molecule has 0 aliphatic carbocycles. The number of halogens is 1. The first-order valence-electron chi connectivity index (χ1n) is 8.72. The average molecular weight is 355 g/mol. The zero-order valence-electron chi connectivity index (χ0n) is 14.9. The monoisotopic (exact) mass is 355 g/mol. The smallest absolute Gasteiger partial charge is 0.319 e. The van der Waals surface area contributed by atoms with Gasteiger partial charge in [0, 0.05) is 17.9 Å². The number of nitrogens with one attached hydrogen (secondary N) is 2. The molecule has 0 saturated carbocycles. The Morgan fingerprint density at radius 1 is 1.27 bits per heavy atom. The third-order valence-electron chi connectivity index (χ3n) is 4.61. The van der Waals surface area contributed by atoms with Crippen LogP contribution in [-0.2, 0) is 11.2 Å². The topological polar surface area (TPSA) is 61.4 Å². The van der Waals surface area contributed by atoms with Gasteiger partial charge in [0.1, 0.15) is 11.9 Å². The highest BCUT2D eigenvalue weighted by molar-refractivity contribution is 6.02. The fraction of sp³-hybridized carbons (Fsp3) is 0.300. The van der Waals surface area contributed by atoms with Crippen LogP contribution in [0.4, 0.5) is 20.6 Å². The number of carbonyl (C=O) groups excluding carboxylic acids is 2. The highest BCUT2D eigenvalue weighted by atomic mass is 19.1. The van der Waals surface area contributed by atoms with E-state index in [0.29, 0.717) is 24.2 Å². The lowest BCUT2D eigenvalue weighted by Gasteiger charge is -2.18. The van der Waals surface area contributed by atoms with E-state index in [2.05, 4.69) is 10.6 Å². The van der Waals surface area contributed by atoms with E-state index in [1.54, 1.807) is 24.0 Å². The van der Waals surface area contributed by atoms with Crippen LogP contribution in [0.15, 0.2) is 42.5 Å². The van der Waals surface area contributed by atoms with Gasteiger partial charge in [-0.2, -0.15) is 0 Å². The second kappa shape index (κ2) is 7.56. The van der Waals surface area contributed by atoms with E-state index in [9.17, 15) is 14.0 Å². The predicted molar refractivity (Wildman–Crippen MR) is 99.9 cm³/mol. The lowest BCUT2D eigenvalue weighted by molar-refractivity contribution is -0.118. The predicted octanol–water partition coefficient (Wildman–Crippen LogP) is 3.62. The molecule has 0 radical (unpaired) electrons. The number of aryl methyl sites for hydroxylation is 2. The quantitative estimate of drug-likeness (QED) is 0.880. The van der Waals surface area contributed by atoms with Gasteiger partial charge in [0.05, 0.1) is 0 Å².